The molecule has 4 nitrogen and oxygen atoms in total. The SMILES string of the molecule is CC1(C)CC(SCc2c(Cl)c[nH]c(=O)c2C(F)(F)F)=NO1. The first-order chi connectivity index (χ1) is 9.60. The van der Waals surface area contributed by atoms with Crippen LogP contribution in [0.15, 0.2) is 16.1 Å². The number of nitrogens with zero attached hydrogens (tertiary/aromatic N) is 1. The monoisotopic (exact) mass is 340 g/mol. The van der Waals surface area contributed by atoms with Crippen molar-refractivity contribution in [2.24, 2.45) is 5.16 Å². The summed E-state index contributed by atoms with van der Waals surface area (Å²) in [6.45, 7) is 3.65. The summed E-state index contributed by atoms with van der Waals surface area (Å²) in [6, 6.07) is 0. The molecule has 1 aromatic heterocycles. The third-order valence-corrected chi connectivity index (χ3v) is 4.11. The van der Waals surface area contributed by atoms with Gasteiger partial charge in [-0.05, 0) is 13.8 Å². The van der Waals surface area contributed by atoms with Gasteiger partial charge in [0.1, 0.15) is 16.2 Å². The molecule has 1 aliphatic rings. The highest BCUT2D eigenvalue weighted by Crippen LogP contribution is 2.36. The van der Waals surface area contributed by atoms with E-state index in [1.807, 2.05) is 18.8 Å². The van der Waals surface area contributed by atoms with Crippen LogP contribution < -0.4 is 5.56 Å². The van der Waals surface area contributed by atoms with E-state index in [1.165, 1.54) is 0 Å². The van der Waals surface area contributed by atoms with E-state index in [0.29, 0.717) is 11.5 Å². The summed E-state index contributed by atoms with van der Waals surface area (Å²) < 4.78 is 38.9. The van der Waals surface area contributed by atoms with Gasteiger partial charge in [0.05, 0.1) is 5.02 Å². The Hall–Kier alpha value is -1.15. The number of halogens is 4. The molecule has 116 valence electrons. The molecule has 0 radical (unpaired) electrons. The smallest absolute Gasteiger partial charge is 0.389 e. The lowest BCUT2D eigenvalue weighted by molar-refractivity contribution is -0.139. The van der Waals surface area contributed by atoms with Gasteiger partial charge in [-0.3, -0.25) is 4.79 Å². The van der Waals surface area contributed by atoms with Gasteiger partial charge in [0.25, 0.3) is 5.56 Å². The van der Waals surface area contributed by atoms with Crippen molar-refractivity contribution in [1.82, 2.24) is 4.98 Å². The second kappa shape index (κ2) is 5.57. The Morgan fingerprint density at radius 3 is 2.71 bits per heavy atom. The van der Waals surface area contributed by atoms with Crippen LogP contribution in [0.1, 0.15) is 31.4 Å². The van der Waals surface area contributed by atoms with Crippen molar-refractivity contribution in [3.63, 3.8) is 0 Å². The molecule has 1 aliphatic heterocycles. The zero-order chi connectivity index (χ0) is 15.8. The van der Waals surface area contributed by atoms with Crippen LogP contribution in [0, 0.1) is 0 Å². The molecular formula is C12H12ClF3N2O2S. The normalized spacial score (nSPS) is 17.5. The molecule has 2 rings (SSSR count). The predicted octanol–water partition coefficient (Wildman–Crippen LogP) is 3.79. The first-order valence-corrected chi connectivity index (χ1v) is 7.31. The van der Waals surface area contributed by atoms with E-state index in [-0.39, 0.29) is 16.3 Å². The minimum atomic E-state index is -4.76. The molecule has 0 aliphatic carbocycles. The molecule has 0 aromatic carbocycles. The topological polar surface area (TPSA) is 54.5 Å². The van der Waals surface area contributed by atoms with Gasteiger partial charge >= 0.3 is 6.18 Å². The Morgan fingerprint density at radius 2 is 2.19 bits per heavy atom. The van der Waals surface area contributed by atoms with Crippen LogP contribution in [0.4, 0.5) is 13.2 Å². The lowest BCUT2D eigenvalue weighted by Gasteiger charge is -2.14. The largest absolute Gasteiger partial charge is 0.422 e. The molecule has 1 N–H and O–H groups in total. The summed E-state index contributed by atoms with van der Waals surface area (Å²) >= 11 is 6.87. The van der Waals surface area contributed by atoms with Crippen molar-refractivity contribution in [1.29, 1.82) is 0 Å². The molecule has 0 amide bonds. The van der Waals surface area contributed by atoms with Crippen molar-refractivity contribution in [3.05, 3.63) is 32.7 Å². The predicted molar refractivity (Wildman–Crippen MR) is 75.6 cm³/mol. The third kappa shape index (κ3) is 3.74. The zero-order valence-corrected chi connectivity index (χ0v) is 12.7. The quantitative estimate of drug-likeness (QED) is 0.891. The number of hydrogen-bond acceptors (Lipinski definition) is 4. The number of oxime groups is 1. The van der Waals surface area contributed by atoms with Crippen molar-refractivity contribution in [3.8, 4) is 0 Å². The number of nitrogens with one attached hydrogen (secondary N) is 1. The molecular weight excluding hydrogens is 329 g/mol. The molecule has 2 heterocycles. The van der Waals surface area contributed by atoms with E-state index in [4.69, 9.17) is 16.4 Å². The average Bonchev–Trinajstić information content (AvgIpc) is 2.68. The van der Waals surface area contributed by atoms with Crippen LogP contribution in [-0.2, 0) is 16.8 Å². The third-order valence-electron chi connectivity index (χ3n) is 2.79. The van der Waals surface area contributed by atoms with Crippen molar-refractivity contribution in [2.75, 3.05) is 0 Å². The maximum Gasteiger partial charge on any atom is 0.422 e. The molecule has 9 heteroatoms. The van der Waals surface area contributed by atoms with Crippen molar-refractivity contribution >= 4 is 28.4 Å². The Bertz CT molecular complexity index is 640. The average molecular weight is 341 g/mol. The van der Waals surface area contributed by atoms with Gasteiger partial charge in [-0.15, -0.1) is 11.8 Å². The Kier molecular flexibility index (Phi) is 4.30. The number of alkyl halides is 3. The van der Waals surface area contributed by atoms with Crippen LogP contribution >= 0.6 is 23.4 Å². The fourth-order valence-corrected chi connectivity index (χ4v) is 3.27. The Morgan fingerprint density at radius 1 is 1.52 bits per heavy atom. The number of hydrogen-bond donors (Lipinski definition) is 1. The summed E-state index contributed by atoms with van der Waals surface area (Å²) in [5.74, 6) is -0.101. The van der Waals surface area contributed by atoms with Gasteiger partial charge in [-0.25, -0.2) is 0 Å². The number of thioether (sulfide) groups is 1. The first kappa shape index (κ1) is 16.2. The van der Waals surface area contributed by atoms with Crippen LogP contribution in [0.2, 0.25) is 5.02 Å². The van der Waals surface area contributed by atoms with Gasteiger partial charge < -0.3 is 9.82 Å². The standard InChI is InChI=1S/C12H12ClF3N2O2S/c1-11(2)3-8(18-20-11)21-5-6-7(13)4-17-10(19)9(6)12(14,15)16/h4H,3,5H2,1-2H3,(H,17,19). The van der Waals surface area contributed by atoms with Gasteiger partial charge in [0.15, 0.2) is 0 Å². The van der Waals surface area contributed by atoms with Crippen molar-refractivity contribution < 1.29 is 18.0 Å². The maximum atomic E-state index is 13.0. The van der Waals surface area contributed by atoms with Gasteiger partial charge in [-0.2, -0.15) is 13.2 Å². The fourth-order valence-electron chi connectivity index (χ4n) is 1.82. The summed E-state index contributed by atoms with van der Waals surface area (Å²) in [5.41, 5.74) is -3.17. The van der Waals surface area contributed by atoms with Crippen LogP contribution in [-0.4, -0.2) is 15.6 Å². The lowest BCUT2D eigenvalue weighted by Crippen LogP contribution is -2.24. The number of rotatable bonds is 2. The molecule has 0 saturated carbocycles. The summed E-state index contributed by atoms with van der Waals surface area (Å²) in [6.07, 6.45) is -3.20. The summed E-state index contributed by atoms with van der Waals surface area (Å²) in [7, 11) is 0. The molecule has 1 aromatic rings. The molecule has 21 heavy (non-hydrogen) atoms. The van der Waals surface area contributed by atoms with E-state index in [1.54, 1.807) is 0 Å². The number of H-pyrrole nitrogens is 1. The van der Waals surface area contributed by atoms with Gasteiger partial charge in [0.2, 0.25) is 0 Å². The second-order valence-corrected chi connectivity index (χ2v) is 6.57. The fraction of sp³-hybridized carbons (Fsp3) is 0.500. The Labute approximate surface area is 127 Å². The summed E-state index contributed by atoms with van der Waals surface area (Å²) in [4.78, 5) is 18.6. The molecule has 0 fully saturated rings. The van der Waals surface area contributed by atoms with Gasteiger partial charge in [0, 0.05) is 23.9 Å². The van der Waals surface area contributed by atoms with E-state index < -0.39 is 22.9 Å². The molecule has 0 spiro atoms. The molecule has 0 saturated heterocycles. The number of aromatic amines is 1. The van der Waals surface area contributed by atoms with Crippen LogP contribution in [0.3, 0.4) is 0 Å². The zero-order valence-electron chi connectivity index (χ0n) is 11.2. The van der Waals surface area contributed by atoms with E-state index in [2.05, 4.69) is 5.16 Å². The lowest BCUT2D eigenvalue weighted by atomic mass is 10.1. The molecule has 0 unspecified atom stereocenters. The van der Waals surface area contributed by atoms with Gasteiger partial charge in [-0.1, -0.05) is 16.8 Å². The highest BCUT2D eigenvalue weighted by molar-refractivity contribution is 8.13. The molecule has 0 bridgehead atoms. The second-order valence-electron chi connectivity index (χ2n) is 5.12. The maximum absolute atomic E-state index is 13.0. The minimum Gasteiger partial charge on any atom is -0.389 e. The highest BCUT2D eigenvalue weighted by Gasteiger charge is 2.38. The highest BCUT2D eigenvalue weighted by atomic mass is 35.5. The van der Waals surface area contributed by atoms with E-state index in [9.17, 15) is 18.0 Å². The van der Waals surface area contributed by atoms with Crippen molar-refractivity contribution in [2.45, 2.75) is 37.8 Å². The Balaban J connectivity index is 2.25. The number of aromatic nitrogens is 1. The molecule has 0 atom stereocenters. The number of pyridine rings is 1. The van der Waals surface area contributed by atoms with E-state index >= 15 is 0 Å². The summed E-state index contributed by atoms with van der Waals surface area (Å²) in [5, 5.41) is 4.26. The van der Waals surface area contributed by atoms with Crippen LogP contribution in [0.25, 0.3) is 0 Å². The first-order valence-electron chi connectivity index (χ1n) is 5.95. The minimum absolute atomic E-state index is 0.101. The van der Waals surface area contributed by atoms with Crippen LogP contribution in [0.5, 0.6) is 0 Å². The van der Waals surface area contributed by atoms with E-state index in [0.717, 1.165) is 18.0 Å².